The molecule has 0 bridgehead atoms. The lowest BCUT2D eigenvalue weighted by molar-refractivity contribution is 0.199. The van der Waals surface area contributed by atoms with Gasteiger partial charge >= 0.3 is 0 Å². The number of benzene rings is 1. The predicted octanol–water partition coefficient (Wildman–Crippen LogP) is 2.60. The number of ether oxygens (including phenoxy) is 2. The van der Waals surface area contributed by atoms with Gasteiger partial charge in [-0.2, -0.15) is 0 Å². The average Bonchev–Trinajstić information content (AvgIpc) is 2.94. The van der Waals surface area contributed by atoms with E-state index in [0.29, 0.717) is 25.5 Å². The van der Waals surface area contributed by atoms with Gasteiger partial charge in [-0.25, -0.2) is 4.39 Å². The molecular formula is C14H17FN2O2S. The summed E-state index contributed by atoms with van der Waals surface area (Å²) in [4.78, 5) is 4.98. The van der Waals surface area contributed by atoms with Crippen LogP contribution in [0.5, 0.6) is 5.75 Å². The molecule has 0 fully saturated rings. The fourth-order valence-electron chi connectivity index (χ4n) is 1.68. The Balaban J connectivity index is 1.90. The van der Waals surface area contributed by atoms with Crippen LogP contribution in [0.25, 0.3) is 0 Å². The van der Waals surface area contributed by atoms with Crippen molar-refractivity contribution in [1.29, 1.82) is 0 Å². The third-order valence-corrected chi connectivity index (χ3v) is 3.36. The van der Waals surface area contributed by atoms with E-state index in [9.17, 15) is 4.39 Å². The molecule has 0 spiro atoms. The van der Waals surface area contributed by atoms with Gasteiger partial charge in [0, 0.05) is 32.5 Å². The Morgan fingerprint density at radius 3 is 3.00 bits per heavy atom. The van der Waals surface area contributed by atoms with Gasteiger partial charge in [-0.3, -0.25) is 4.98 Å². The number of thiazole rings is 1. The molecule has 0 unspecified atom stereocenters. The Labute approximate surface area is 121 Å². The van der Waals surface area contributed by atoms with Gasteiger partial charge in [0.2, 0.25) is 0 Å². The van der Waals surface area contributed by atoms with Gasteiger partial charge in [0.1, 0.15) is 18.2 Å². The first-order chi connectivity index (χ1) is 9.78. The second kappa shape index (κ2) is 7.94. The van der Waals surface area contributed by atoms with Crippen molar-refractivity contribution >= 4 is 11.3 Å². The first kappa shape index (κ1) is 14.9. The summed E-state index contributed by atoms with van der Waals surface area (Å²) in [6, 6.07) is 4.73. The number of aromatic nitrogens is 1. The summed E-state index contributed by atoms with van der Waals surface area (Å²) in [5.74, 6) is 0.234. The molecule has 108 valence electrons. The monoisotopic (exact) mass is 296 g/mol. The standard InChI is InChI=1S/C14H17FN2O2S/c1-18-3-2-16-7-11-4-12(15)6-13(5-11)19-9-14-8-17-10-20-14/h4-6,8,10,16H,2-3,7,9H2,1H3. The Morgan fingerprint density at radius 1 is 1.35 bits per heavy atom. The molecule has 0 atom stereocenters. The SMILES string of the molecule is COCCNCc1cc(F)cc(OCc2cncs2)c1. The molecule has 1 aromatic heterocycles. The normalized spacial score (nSPS) is 10.7. The van der Waals surface area contributed by atoms with E-state index in [1.54, 1.807) is 18.8 Å². The number of nitrogens with one attached hydrogen (secondary N) is 1. The van der Waals surface area contributed by atoms with Crippen LogP contribution < -0.4 is 10.1 Å². The number of nitrogens with zero attached hydrogens (tertiary/aromatic N) is 1. The Morgan fingerprint density at radius 2 is 2.25 bits per heavy atom. The lowest BCUT2D eigenvalue weighted by Gasteiger charge is -2.09. The number of hydrogen-bond acceptors (Lipinski definition) is 5. The summed E-state index contributed by atoms with van der Waals surface area (Å²) in [6.07, 6.45) is 1.75. The van der Waals surface area contributed by atoms with Crippen LogP contribution >= 0.6 is 11.3 Å². The van der Waals surface area contributed by atoms with Crippen molar-refractivity contribution in [3.63, 3.8) is 0 Å². The minimum atomic E-state index is -0.296. The molecule has 4 nitrogen and oxygen atoms in total. The maximum Gasteiger partial charge on any atom is 0.127 e. The van der Waals surface area contributed by atoms with Crippen molar-refractivity contribution in [3.8, 4) is 5.75 Å². The fourth-order valence-corrected chi connectivity index (χ4v) is 2.19. The van der Waals surface area contributed by atoms with E-state index in [2.05, 4.69) is 10.3 Å². The van der Waals surface area contributed by atoms with Gasteiger partial charge < -0.3 is 14.8 Å². The van der Waals surface area contributed by atoms with Gasteiger partial charge in [-0.05, 0) is 17.7 Å². The Bertz CT molecular complexity index is 520. The lowest BCUT2D eigenvalue weighted by atomic mass is 10.2. The summed E-state index contributed by atoms with van der Waals surface area (Å²) in [6.45, 7) is 2.34. The molecule has 1 N–H and O–H groups in total. The van der Waals surface area contributed by atoms with E-state index in [-0.39, 0.29) is 5.82 Å². The van der Waals surface area contributed by atoms with E-state index in [4.69, 9.17) is 9.47 Å². The van der Waals surface area contributed by atoms with Crippen LogP contribution in [0.15, 0.2) is 29.9 Å². The van der Waals surface area contributed by atoms with Crippen molar-refractivity contribution < 1.29 is 13.9 Å². The summed E-state index contributed by atoms with van der Waals surface area (Å²) >= 11 is 1.51. The minimum Gasteiger partial charge on any atom is -0.488 e. The number of hydrogen-bond donors (Lipinski definition) is 1. The molecule has 20 heavy (non-hydrogen) atoms. The number of halogens is 1. The maximum absolute atomic E-state index is 13.5. The molecule has 0 saturated heterocycles. The van der Waals surface area contributed by atoms with Crippen molar-refractivity contribution in [2.75, 3.05) is 20.3 Å². The van der Waals surface area contributed by atoms with E-state index >= 15 is 0 Å². The third-order valence-electron chi connectivity index (χ3n) is 2.61. The van der Waals surface area contributed by atoms with Crippen LogP contribution in [0.2, 0.25) is 0 Å². The molecule has 6 heteroatoms. The fraction of sp³-hybridized carbons (Fsp3) is 0.357. The predicted molar refractivity (Wildman–Crippen MR) is 76.4 cm³/mol. The highest BCUT2D eigenvalue weighted by atomic mass is 32.1. The molecule has 0 radical (unpaired) electrons. The molecule has 2 aromatic rings. The van der Waals surface area contributed by atoms with Crippen LogP contribution in [0.3, 0.4) is 0 Å². The molecule has 1 heterocycles. The van der Waals surface area contributed by atoms with Crippen molar-refractivity contribution in [2.24, 2.45) is 0 Å². The number of rotatable bonds is 8. The van der Waals surface area contributed by atoms with Crippen molar-refractivity contribution in [2.45, 2.75) is 13.2 Å². The smallest absolute Gasteiger partial charge is 0.127 e. The first-order valence-corrected chi connectivity index (χ1v) is 7.15. The zero-order chi connectivity index (χ0) is 14.2. The molecule has 2 rings (SSSR count). The Hall–Kier alpha value is -1.50. The summed E-state index contributed by atoms with van der Waals surface area (Å²) in [5, 5.41) is 3.17. The zero-order valence-electron chi connectivity index (χ0n) is 11.3. The molecule has 0 amide bonds. The summed E-state index contributed by atoms with van der Waals surface area (Å²) < 4.78 is 24.0. The molecule has 1 aromatic carbocycles. The molecule has 0 saturated carbocycles. The average molecular weight is 296 g/mol. The van der Waals surface area contributed by atoms with Gasteiger partial charge in [-0.1, -0.05) is 0 Å². The highest BCUT2D eigenvalue weighted by molar-refractivity contribution is 7.09. The summed E-state index contributed by atoms with van der Waals surface area (Å²) in [5.41, 5.74) is 2.59. The highest BCUT2D eigenvalue weighted by Crippen LogP contribution is 2.18. The second-order valence-corrected chi connectivity index (χ2v) is 5.19. The largest absolute Gasteiger partial charge is 0.488 e. The first-order valence-electron chi connectivity index (χ1n) is 6.27. The van der Waals surface area contributed by atoms with E-state index in [1.165, 1.54) is 23.5 Å². The Kier molecular flexibility index (Phi) is 5.91. The van der Waals surface area contributed by atoms with Crippen LogP contribution in [-0.4, -0.2) is 25.2 Å². The van der Waals surface area contributed by atoms with Crippen LogP contribution in [-0.2, 0) is 17.9 Å². The van der Waals surface area contributed by atoms with E-state index in [0.717, 1.165) is 17.0 Å². The number of methoxy groups -OCH3 is 1. The zero-order valence-corrected chi connectivity index (χ0v) is 12.1. The van der Waals surface area contributed by atoms with Crippen LogP contribution in [0, 0.1) is 5.82 Å². The van der Waals surface area contributed by atoms with Gasteiger partial charge in [0.25, 0.3) is 0 Å². The molecule has 0 aliphatic rings. The van der Waals surface area contributed by atoms with Crippen molar-refractivity contribution in [3.05, 3.63) is 46.2 Å². The maximum atomic E-state index is 13.5. The second-order valence-electron chi connectivity index (χ2n) is 4.22. The topological polar surface area (TPSA) is 43.4 Å². The quantitative estimate of drug-likeness (QED) is 0.760. The van der Waals surface area contributed by atoms with Crippen molar-refractivity contribution in [1.82, 2.24) is 10.3 Å². The lowest BCUT2D eigenvalue weighted by Crippen LogP contribution is -2.18. The van der Waals surface area contributed by atoms with Gasteiger partial charge in [0.15, 0.2) is 0 Å². The van der Waals surface area contributed by atoms with E-state index < -0.39 is 0 Å². The summed E-state index contributed by atoms with van der Waals surface area (Å²) in [7, 11) is 1.65. The van der Waals surface area contributed by atoms with Gasteiger partial charge in [-0.15, -0.1) is 11.3 Å². The van der Waals surface area contributed by atoms with E-state index in [1.807, 2.05) is 6.07 Å². The minimum absolute atomic E-state index is 0.296. The van der Waals surface area contributed by atoms with Crippen LogP contribution in [0.1, 0.15) is 10.4 Å². The van der Waals surface area contributed by atoms with Gasteiger partial charge in [0.05, 0.1) is 17.0 Å². The molecular weight excluding hydrogens is 279 g/mol. The highest BCUT2D eigenvalue weighted by Gasteiger charge is 2.03. The van der Waals surface area contributed by atoms with Crippen LogP contribution in [0.4, 0.5) is 4.39 Å². The molecule has 0 aliphatic heterocycles. The molecule has 0 aliphatic carbocycles. The third kappa shape index (κ3) is 4.88.